The quantitative estimate of drug-likeness (QED) is 0.179. The van der Waals surface area contributed by atoms with Gasteiger partial charge in [0.25, 0.3) is 0 Å². The summed E-state index contributed by atoms with van der Waals surface area (Å²) in [5.41, 5.74) is 13.5. The topological polar surface area (TPSA) is 23.0 Å². The van der Waals surface area contributed by atoms with Crippen molar-refractivity contribution >= 4 is 76.3 Å². The lowest BCUT2D eigenvalue weighted by Gasteiger charge is -2.10. The minimum Gasteiger partial charge on any atom is -0.456 e. The molecule has 12 aromatic rings. The number of aromatic nitrogens is 2. The van der Waals surface area contributed by atoms with Crippen LogP contribution in [-0.2, 0) is 0 Å². The third kappa shape index (κ3) is 4.38. The van der Waals surface area contributed by atoms with Crippen molar-refractivity contribution in [2.45, 2.75) is 0 Å². The maximum atomic E-state index is 6.67. The van der Waals surface area contributed by atoms with E-state index in [-0.39, 0.29) is 0 Å². The Morgan fingerprint density at radius 1 is 0.309 bits per heavy atom. The molecular weight excluding hydrogens is 669 g/mol. The zero-order valence-corrected chi connectivity index (χ0v) is 29.8. The van der Waals surface area contributed by atoms with Crippen LogP contribution < -0.4 is 0 Å². The zero-order chi connectivity index (χ0) is 36.0. The lowest BCUT2D eigenvalue weighted by Crippen LogP contribution is -1.93. The third-order valence-corrected chi connectivity index (χ3v) is 11.5. The lowest BCUT2D eigenvalue weighted by atomic mass is 9.93. The summed E-state index contributed by atoms with van der Waals surface area (Å²) in [6.07, 6.45) is 0. The number of benzene rings is 9. The summed E-state index contributed by atoms with van der Waals surface area (Å²) in [5, 5.41) is 9.75. The molecular formula is C52H32N2O. The van der Waals surface area contributed by atoms with Gasteiger partial charge in [-0.05, 0) is 106 Å². The van der Waals surface area contributed by atoms with Crippen molar-refractivity contribution in [3.63, 3.8) is 0 Å². The van der Waals surface area contributed by atoms with Crippen LogP contribution in [0.5, 0.6) is 0 Å². The van der Waals surface area contributed by atoms with Crippen LogP contribution in [0, 0.1) is 0 Å². The predicted molar refractivity (Wildman–Crippen MR) is 231 cm³/mol. The number of hydrogen-bond acceptors (Lipinski definition) is 1. The molecule has 3 nitrogen and oxygen atoms in total. The molecule has 0 saturated heterocycles. The van der Waals surface area contributed by atoms with Crippen LogP contribution in [0.2, 0.25) is 0 Å². The highest BCUT2D eigenvalue weighted by Crippen LogP contribution is 2.45. The Hall–Kier alpha value is -7.36. The Kier molecular flexibility index (Phi) is 6.34. The summed E-state index contributed by atoms with van der Waals surface area (Å²) in [7, 11) is 0. The van der Waals surface area contributed by atoms with Gasteiger partial charge in [-0.3, -0.25) is 0 Å². The smallest absolute Gasteiger partial charge is 0.136 e. The number of furan rings is 1. The van der Waals surface area contributed by atoms with E-state index in [1.54, 1.807) is 0 Å². The maximum absolute atomic E-state index is 6.67. The van der Waals surface area contributed by atoms with Gasteiger partial charge in [-0.2, -0.15) is 0 Å². The van der Waals surface area contributed by atoms with Gasteiger partial charge in [0.15, 0.2) is 0 Å². The molecule has 3 heteroatoms. The second-order valence-electron chi connectivity index (χ2n) is 14.5. The predicted octanol–water partition coefficient (Wildman–Crippen LogP) is 14.3. The van der Waals surface area contributed by atoms with Gasteiger partial charge in [0.1, 0.15) is 11.2 Å². The molecule has 3 aromatic heterocycles. The van der Waals surface area contributed by atoms with Gasteiger partial charge < -0.3 is 13.6 Å². The Bertz CT molecular complexity index is 3470. The minimum atomic E-state index is 0.888. The van der Waals surface area contributed by atoms with Crippen LogP contribution in [0.15, 0.2) is 199 Å². The lowest BCUT2D eigenvalue weighted by molar-refractivity contribution is 0.669. The zero-order valence-electron chi connectivity index (χ0n) is 29.8. The van der Waals surface area contributed by atoms with Gasteiger partial charge >= 0.3 is 0 Å². The second-order valence-corrected chi connectivity index (χ2v) is 14.5. The molecule has 0 aliphatic carbocycles. The summed E-state index contributed by atoms with van der Waals surface area (Å²) in [4.78, 5) is 0. The van der Waals surface area contributed by atoms with Gasteiger partial charge in [0.05, 0.1) is 22.1 Å². The molecule has 0 bridgehead atoms. The molecule has 55 heavy (non-hydrogen) atoms. The van der Waals surface area contributed by atoms with Crippen molar-refractivity contribution in [1.82, 2.24) is 9.13 Å². The standard InChI is InChI=1S/C52H32N2O/c1-3-14-36(15-4-1)53-44-22-10-9-19-41(44)42-31-34(26-28-45(42)53)39-20-11-23-48-51(39)52-40(21-12-24-49(52)55-48)35-27-29-46-43(32-35)50-38-18-8-7-13-33(38)25-30-47(50)54(46)37-16-5-2-6-17-37/h1-32H. The maximum Gasteiger partial charge on any atom is 0.136 e. The van der Waals surface area contributed by atoms with Crippen LogP contribution in [-0.4, -0.2) is 9.13 Å². The third-order valence-electron chi connectivity index (χ3n) is 11.5. The van der Waals surface area contributed by atoms with Crippen molar-refractivity contribution in [2.75, 3.05) is 0 Å². The summed E-state index contributed by atoms with van der Waals surface area (Å²) in [6, 6.07) is 70.1. The highest BCUT2D eigenvalue weighted by Gasteiger charge is 2.21. The van der Waals surface area contributed by atoms with Gasteiger partial charge in [0, 0.05) is 43.7 Å². The average Bonchev–Trinajstić information content (AvgIpc) is 3.91. The molecule has 0 fully saturated rings. The van der Waals surface area contributed by atoms with E-state index in [0.717, 1.165) is 50.0 Å². The number of para-hydroxylation sites is 3. The van der Waals surface area contributed by atoms with E-state index in [4.69, 9.17) is 4.42 Å². The molecule has 0 unspecified atom stereocenters. The number of rotatable bonds is 4. The molecule has 0 N–H and O–H groups in total. The molecule has 0 aliphatic rings. The van der Waals surface area contributed by atoms with Crippen LogP contribution >= 0.6 is 0 Å². The molecule has 9 aromatic carbocycles. The first-order valence-corrected chi connectivity index (χ1v) is 18.9. The van der Waals surface area contributed by atoms with E-state index < -0.39 is 0 Å². The largest absolute Gasteiger partial charge is 0.456 e. The molecule has 0 aliphatic heterocycles. The second kappa shape index (κ2) is 11.6. The molecule has 0 spiro atoms. The SMILES string of the molecule is c1ccc(-n2c3ccccc3c3cc(-c4cccc5oc6cccc(-c7ccc8c(c7)c7c9ccccc9ccc7n8-c7ccccc7)c6c45)ccc32)cc1. The highest BCUT2D eigenvalue weighted by molar-refractivity contribution is 6.23. The van der Waals surface area contributed by atoms with Crippen LogP contribution in [0.4, 0.5) is 0 Å². The van der Waals surface area contributed by atoms with Crippen molar-refractivity contribution in [1.29, 1.82) is 0 Å². The summed E-state index contributed by atoms with van der Waals surface area (Å²) in [6.45, 7) is 0. The van der Waals surface area contributed by atoms with Crippen molar-refractivity contribution in [3.8, 4) is 33.6 Å². The van der Waals surface area contributed by atoms with Crippen molar-refractivity contribution in [3.05, 3.63) is 194 Å². The Morgan fingerprint density at radius 2 is 0.818 bits per heavy atom. The summed E-state index contributed by atoms with van der Waals surface area (Å²) in [5.74, 6) is 0. The monoisotopic (exact) mass is 700 g/mol. The molecule has 0 amide bonds. The van der Waals surface area contributed by atoms with E-state index in [1.807, 2.05) is 0 Å². The van der Waals surface area contributed by atoms with Crippen molar-refractivity contribution < 1.29 is 4.42 Å². The van der Waals surface area contributed by atoms with Crippen molar-refractivity contribution in [2.24, 2.45) is 0 Å². The van der Waals surface area contributed by atoms with Gasteiger partial charge in [-0.1, -0.05) is 121 Å². The average molecular weight is 701 g/mol. The minimum absolute atomic E-state index is 0.888. The van der Waals surface area contributed by atoms with Gasteiger partial charge in [-0.25, -0.2) is 0 Å². The van der Waals surface area contributed by atoms with E-state index >= 15 is 0 Å². The van der Waals surface area contributed by atoms with Crippen LogP contribution in [0.1, 0.15) is 0 Å². The van der Waals surface area contributed by atoms with Gasteiger partial charge in [0.2, 0.25) is 0 Å². The van der Waals surface area contributed by atoms with E-state index in [1.165, 1.54) is 59.9 Å². The molecule has 3 heterocycles. The number of nitrogens with zero attached hydrogens (tertiary/aromatic N) is 2. The fourth-order valence-electron chi connectivity index (χ4n) is 9.16. The summed E-state index contributed by atoms with van der Waals surface area (Å²) >= 11 is 0. The number of fused-ring (bicyclic) bond motifs is 11. The molecule has 0 radical (unpaired) electrons. The normalized spacial score (nSPS) is 12.0. The molecule has 0 saturated carbocycles. The first kappa shape index (κ1) is 30.1. The van der Waals surface area contributed by atoms with E-state index in [0.29, 0.717) is 0 Å². The molecule has 0 atom stereocenters. The molecule has 256 valence electrons. The Balaban J connectivity index is 1.11. The fourth-order valence-corrected chi connectivity index (χ4v) is 9.16. The molecule has 12 rings (SSSR count). The van der Waals surface area contributed by atoms with Crippen LogP contribution in [0.3, 0.4) is 0 Å². The first-order valence-electron chi connectivity index (χ1n) is 18.9. The van der Waals surface area contributed by atoms with Gasteiger partial charge in [-0.15, -0.1) is 0 Å². The Morgan fingerprint density at radius 3 is 1.49 bits per heavy atom. The number of hydrogen-bond donors (Lipinski definition) is 0. The van der Waals surface area contributed by atoms with E-state index in [9.17, 15) is 0 Å². The van der Waals surface area contributed by atoms with E-state index in [2.05, 4.69) is 203 Å². The van der Waals surface area contributed by atoms with Crippen LogP contribution in [0.25, 0.3) is 110 Å². The highest BCUT2D eigenvalue weighted by atomic mass is 16.3. The fraction of sp³-hybridized carbons (Fsp3) is 0. The Labute approximate surface area is 316 Å². The first-order chi connectivity index (χ1) is 27.3. The summed E-state index contributed by atoms with van der Waals surface area (Å²) < 4.78 is 11.4.